The van der Waals surface area contributed by atoms with Crippen LogP contribution >= 0.6 is 0 Å². The Morgan fingerprint density at radius 2 is 2.03 bits per heavy atom. The minimum atomic E-state index is -4.60. The number of fused-ring (bicyclic) bond motifs is 1. The van der Waals surface area contributed by atoms with E-state index in [9.17, 15) is 18.3 Å². The predicted molar refractivity (Wildman–Crippen MR) is 120 cm³/mol. The first kappa shape index (κ1) is 22.5. The molecular formula is C24H24F3N5O2. The number of aliphatic hydroxyl groups is 1. The lowest BCUT2D eigenvalue weighted by molar-refractivity contribution is -0.138. The molecule has 0 radical (unpaired) electrons. The standard InChI is InChI=1S/C24H24F3N5O2/c1-12-21(13(2)34-32-12)15-4-5-18-14(7-15)3-6-19(18)22-20(24(25,26)27)11-29-23(31-22)30-16-8-17(33)10-28-9-16/h4-7,11,16-17,28,33H,3,8-10H2,1-2H3,(H,29,30,31)/t16-,17+/m0/s1. The van der Waals surface area contributed by atoms with Gasteiger partial charge in [-0.2, -0.15) is 13.2 Å². The molecule has 0 unspecified atom stereocenters. The highest BCUT2D eigenvalue weighted by atomic mass is 19.4. The summed E-state index contributed by atoms with van der Waals surface area (Å²) in [5, 5.41) is 20.0. The third kappa shape index (κ3) is 4.19. The summed E-state index contributed by atoms with van der Waals surface area (Å²) >= 11 is 0. The molecule has 34 heavy (non-hydrogen) atoms. The summed E-state index contributed by atoms with van der Waals surface area (Å²) in [6.45, 7) is 4.73. The van der Waals surface area contributed by atoms with Crippen LogP contribution in [-0.4, -0.2) is 45.5 Å². The van der Waals surface area contributed by atoms with Crippen LogP contribution in [0.25, 0.3) is 16.7 Å². The van der Waals surface area contributed by atoms with E-state index in [4.69, 9.17) is 4.52 Å². The van der Waals surface area contributed by atoms with Crippen LogP contribution in [0.1, 0.15) is 40.3 Å². The van der Waals surface area contributed by atoms with Gasteiger partial charge < -0.3 is 20.3 Å². The van der Waals surface area contributed by atoms with Gasteiger partial charge in [0.15, 0.2) is 0 Å². The Balaban J connectivity index is 1.51. The van der Waals surface area contributed by atoms with Crippen LogP contribution in [0.5, 0.6) is 0 Å². The number of aryl methyl sites for hydroxylation is 2. The van der Waals surface area contributed by atoms with Gasteiger partial charge in [0.05, 0.1) is 17.5 Å². The number of anilines is 1. The zero-order valence-corrected chi connectivity index (χ0v) is 18.7. The highest BCUT2D eigenvalue weighted by Crippen LogP contribution is 2.41. The van der Waals surface area contributed by atoms with Gasteiger partial charge in [-0.25, -0.2) is 9.97 Å². The predicted octanol–water partition coefficient (Wildman–Crippen LogP) is 3.89. The van der Waals surface area contributed by atoms with E-state index in [2.05, 4.69) is 25.8 Å². The molecule has 2 aliphatic rings. The van der Waals surface area contributed by atoms with Crippen molar-refractivity contribution in [2.75, 3.05) is 18.4 Å². The van der Waals surface area contributed by atoms with Gasteiger partial charge in [-0.1, -0.05) is 29.4 Å². The normalized spacial score (nSPS) is 20.2. The summed E-state index contributed by atoms with van der Waals surface area (Å²) in [5.41, 5.74) is 3.58. The molecule has 10 heteroatoms. The minimum Gasteiger partial charge on any atom is -0.392 e. The molecule has 2 aromatic heterocycles. The van der Waals surface area contributed by atoms with Gasteiger partial charge in [0.25, 0.3) is 0 Å². The van der Waals surface area contributed by atoms with Gasteiger partial charge >= 0.3 is 6.18 Å². The minimum absolute atomic E-state index is 0.102. The molecule has 0 saturated carbocycles. The summed E-state index contributed by atoms with van der Waals surface area (Å²) in [6.07, 6.45) is -1.58. The molecule has 2 atom stereocenters. The number of hydrogen-bond acceptors (Lipinski definition) is 7. The second-order valence-corrected chi connectivity index (χ2v) is 8.74. The first-order valence-electron chi connectivity index (χ1n) is 11.1. The Morgan fingerprint density at radius 1 is 1.21 bits per heavy atom. The van der Waals surface area contributed by atoms with E-state index in [1.165, 1.54) is 0 Å². The van der Waals surface area contributed by atoms with Crippen molar-refractivity contribution in [1.82, 2.24) is 20.4 Å². The number of allylic oxidation sites excluding steroid dienone is 1. The third-order valence-electron chi connectivity index (χ3n) is 6.25. The lowest BCUT2D eigenvalue weighted by Gasteiger charge is -2.27. The Kier molecular flexibility index (Phi) is 5.65. The fraction of sp³-hybridized carbons (Fsp3) is 0.375. The lowest BCUT2D eigenvalue weighted by atomic mass is 9.95. The third-order valence-corrected chi connectivity index (χ3v) is 6.25. The maximum Gasteiger partial charge on any atom is 0.419 e. The molecule has 5 rings (SSSR count). The van der Waals surface area contributed by atoms with Crippen LogP contribution in [0.3, 0.4) is 0 Å². The summed E-state index contributed by atoms with van der Waals surface area (Å²) in [6, 6.07) is 5.48. The number of aromatic nitrogens is 3. The van der Waals surface area contributed by atoms with Gasteiger partial charge in [-0.05, 0) is 43.4 Å². The van der Waals surface area contributed by atoms with Crippen LogP contribution in [0, 0.1) is 13.8 Å². The fourth-order valence-corrected chi connectivity index (χ4v) is 4.70. The van der Waals surface area contributed by atoms with Crippen LogP contribution in [0.4, 0.5) is 19.1 Å². The van der Waals surface area contributed by atoms with Gasteiger partial charge in [0, 0.05) is 36.5 Å². The van der Waals surface area contributed by atoms with Crippen molar-refractivity contribution < 1.29 is 22.8 Å². The number of β-amino-alcohol motifs (C(OH)–C–C–N with tert-alkyl or cyclic N) is 1. The van der Waals surface area contributed by atoms with E-state index >= 15 is 0 Å². The zero-order chi connectivity index (χ0) is 24.0. The number of benzene rings is 1. The first-order valence-corrected chi connectivity index (χ1v) is 11.1. The molecule has 7 nitrogen and oxygen atoms in total. The summed E-state index contributed by atoms with van der Waals surface area (Å²) < 4.78 is 46.9. The molecule has 3 aromatic rings. The molecule has 1 aromatic carbocycles. The summed E-state index contributed by atoms with van der Waals surface area (Å²) in [7, 11) is 0. The van der Waals surface area contributed by atoms with Gasteiger partial charge in [-0.3, -0.25) is 0 Å². The Bertz CT molecular complexity index is 1250. The molecule has 1 fully saturated rings. The zero-order valence-electron chi connectivity index (χ0n) is 18.7. The topological polar surface area (TPSA) is 96.1 Å². The number of halogens is 3. The van der Waals surface area contributed by atoms with Gasteiger partial charge in [0.2, 0.25) is 5.95 Å². The Morgan fingerprint density at radius 3 is 2.74 bits per heavy atom. The van der Waals surface area contributed by atoms with E-state index in [1.54, 1.807) is 6.08 Å². The average molecular weight is 471 g/mol. The Labute approximate surface area is 194 Å². The molecule has 178 valence electrons. The first-order chi connectivity index (χ1) is 16.2. The number of piperidine rings is 1. The van der Waals surface area contributed by atoms with Crippen molar-refractivity contribution >= 4 is 11.5 Å². The van der Waals surface area contributed by atoms with E-state index in [0.29, 0.717) is 42.8 Å². The van der Waals surface area contributed by atoms with E-state index in [1.807, 2.05) is 32.0 Å². The monoisotopic (exact) mass is 471 g/mol. The van der Waals surface area contributed by atoms with E-state index in [0.717, 1.165) is 28.6 Å². The van der Waals surface area contributed by atoms with Crippen LogP contribution < -0.4 is 10.6 Å². The second-order valence-electron chi connectivity index (χ2n) is 8.74. The van der Waals surface area contributed by atoms with Crippen molar-refractivity contribution in [3.63, 3.8) is 0 Å². The van der Waals surface area contributed by atoms with Crippen LogP contribution in [0.15, 0.2) is 35.0 Å². The Hall–Kier alpha value is -3.24. The fourth-order valence-electron chi connectivity index (χ4n) is 4.70. The number of rotatable bonds is 4. The summed E-state index contributed by atoms with van der Waals surface area (Å²) in [4.78, 5) is 8.22. The highest BCUT2D eigenvalue weighted by Gasteiger charge is 2.37. The lowest BCUT2D eigenvalue weighted by Crippen LogP contribution is -2.46. The van der Waals surface area contributed by atoms with Crippen LogP contribution in [-0.2, 0) is 12.6 Å². The number of nitrogens with one attached hydrogen (secondary N) is 2. The molecule has 1 saturated heterocycles. The number of aliphatic hydroxyl groups excluding tert-OH is 1. The van der Waals surface area contributed by atoms with Crippen molar-refractivity contribution in [3.8, 4) is 11.1 Å². The molecule has 3 heterocycles. The maximum absolute atomic E-state index is 13.9. The largest absolute Gasteiger partial charge is 0.419 e. The average Bonchev–Trinajstić information content (AvgIpc) is 3.35. The highest BCUT2D eigenvalue weighted by molar-refractivity contribution is 5.86. The second kappa shape index (κ2) is 8.52. The van der Waals surface area contributed by atoms with E-state index in [-0.39, 0.29) is 17.7 Å². The molecule has 1 aliphatic heterocycles. The van der Waals surface area contributed by atoms with Crippen molar-refractivity contribution in [3.05, 3.63) is 64.3 Å². The molecule has 0 spiro atoms. The molecule has 3 N–H and O–H groups in total. The molecule has 0 amide bonds. The smallest absolute Gasteiger partial charge is 0.392 e. The number of hydrogen-bond donors (Lipinski definition) is 3. The quantitative estimate of drug-likeness (QED) is 0.531. The number of nitrogens with zero attached hydrogens (tertiary/aromatic N) is 3. The molecule has 1 aliphatic carbocycles. The summed E-state index contributed by atoms with van der Waals surface area (Å²) in [5.74, 6) is 0.794. The SMILES string of the molecule is Cc1noc(C)c1-c1ccc2c(c1)CC=C2c1nc(N[C@@H]2CNC[C@H](O)C2)ncc1C(F)(F)F. The van der Waals surface area contributed by atoms with Crippen molar-refractivity contribution in [2.45, 2.75) is 45.0 Å². The maximum atomic E-state index is 13.9. The number of alkyl halides is 3. The van der Waals surface area contributed by atoms with Gasteiger partial charge in [-0.15, -0.1) is 0 Å². The van der Waals surface area contributed by atoms with Crippen LogP contribution in [0.2, 0.25) is 0 Å². The van der Waals surface area contributed by atoms with Crippen molar-refractivity contribution in [2.24, 2.45) is 0 Å². The molecule has 0 bridgehead atoms. The molecular weight excluding hydrogens is 447 g/mol. The van der Waals surface area contributed by atoms with E-state index < -0.39 is 17.8 Å². The van der Waals surface area contributed by atoms with Gasteiger partial charge in [0.1, 0.15) is 11.3 Å². The van der Waals surface area contributed by atoms with Crippen molar-refractivity contribution in [1.29, 1.82) is 0 Å².